The number of nitrogens with one attached hydrogen (secondary N) is 1. The molecule has 0 saturated heterocycles. The highest BCUT2D eigenvalue weighted by Gasteiger charge is 2.09. The fraction of sp³-hybridized carbons (Fsp3) is 0.500. The van der Waals surface area contributed by atoms with Gasteiger partial charge in [-0.3, -0.25) is 4.79 Å². The lowest BCUT2D eigenvalue weighted by Gasteiger charge is -2.20. The molecule has 0 aliphatic rings. The van der Waals surface area contributed by atoms with Crippen LogP contribution in [-0.4, -0.2) is 25.5 Å². The van der Waals surface area contributed by atoms with Crippen LogP contribution in [0, 0.1) is 0 Å². The van der Waals surface area contributed by atoms with Gasteiger partial charge in [-0.05, 0) is 31.0 Å². The Hall–Kier alpha value is -1.55. The first-order chi connectivity index (χ1) is 8.56. The van der Waals surface area contributed by atoms with Crippen molar-refractivity contribution in [1.82, 2.24) is 5.32 Å². The van der Waals surface area contributed by atoms with Gasteiger partial charge in [-0.25, -0.2) is 0 Å². The highest BCUT2D eigenvalue weighted by atomic mass is 16.2. The maximum absolute atomic E-state index is 11.7. The number of anilines is 1. The van der Waals surface area contributed by atoms with Crippen molar-refractivity contribution in [1.29, 1.82) is 0 Å². The summed E-state index contributed by atoms with van der Waals surface area (Å²) in [7, 11) is 1.91. The lowest BCUT2D eigenvalue weighted by Crippen LogP contribution is -2.39. The molecular weight excluding hydrogens is 226 g/mol. The van der Waals surface area contributed by atoms with Crippen molar-refractivity contribution in [2.75, 3.05) is 18.5 Å². The van der Waals surface area contributed by atoms with Crippen LogP contribution in [0.5, 0.6) is 0 Å². The molecule has 1 aromatic carbocycles. The Morgan fingerprint density at radius 1 is 1.39 bits per heavy atom. The van der Waals surface area contributed by atoms with Crippen LogP contribution in [0.3, 0.4) is 0 Å². The Kier molecular flexibility index (Phi) is 5.65. The number of benzene rings is 1. The molecule has 0 aromatic heterocycles. The van der Waals surface area contributed by atoms with E-state index < -0.39 is 0 Å². The van der Waals surface area contributed by atoms with E-state index in [1.807, 2.05) is 43.1 Å². The summed E-state index contributed by atoms with van der Waals surface area (Å²) in [6, 6.07) is 8.17. The van der Waals surface area contributed by atoms with Gasteiger partial charge in [0.2, 0.25) is 5.91 Å². The summed E-state index contributed by atoms with van der Waals surface area (Å²) in [5.74, 6) is 0.0507. The number of carbonyl (C=O) groups excluding carboxylic acids is 1. The summed E-state index contributed by atoms with van der Waals surface area (Å²) in [4.78, 5) is 13.7. The number of rotatable bonds is 6. The van der Waals surface area contributed by atoms with Gasteiger partial charge in [0, 0.05) is 25.3 Å². The number of hydrogen-bond acceptors (Lipinski definition) is 3. The van der Waals surface area contributed by atoms with Crippen molar-refractivity contribution < 1.29 is 4.79 Å². The summed E-state index contributed by atoms with van der Waals surface area (Å²) >= 11 is 0. The van der Waals surface area contributed by atoms with Crippen molar-refractivity contribution >= 4 is 11.6 Å². The number of nitrogens with zero attached hydrogens (tertiary/aromatic N) is 1. The summed E-state index contributed by atoms with van der Waals surface area (Å²) < 4.78 is 0. The molecule has 0 aliphatic heterocycles. The third kappa shape index (κ3) is 4.37. The topological polar surface area (TPSA) is 58.4 Å². The van der Waals surface area contributed by atoms with Crippen LogP contribution in [0.25, 0.3) is 0 Å². The molecule has 1 aromatic rings. The van der Waals surface area contributed by atoms with Gasteiger partial charge in [-0.1, -0.05) is 19.1 Å². The van der Waals surface area contributed by atoms with Crippen molar-refractivity contribution in [3.8, 4) is 0 Å². The minimum absolute atomic E-state index is 0.0507. The second kappa shape index (κ2) is 7.01. The highest BCUT2D eigenvalue weighted by molar-refractivity contribution is 5.81. The van der Waals surface area contributed by atoms with Gasteiger partial charge >= 0.3 is 0 Å². The molecule has 4 heteroatoms. The molecule has 3 N–H and O–H groups in total. The normalized spacial score (nSPS) is 12.0. The summed E-state index contributed by atoms with van der Waals surface area (Å²) in [5.41, 5.74) is 7.66. The Morgan fingerprint density at radius 2 is 2.00 bits per heavy atom. The van der Waals surface area contributed by atoms with Crippen LogP contribution in [-0.2, 0) is 11.3 Å². The zero-order valence-electron chi connectivity index (χ0n) is 11.4. The molecule has 0 bridgehead atoms. The molecule has 0 radical (unpaired) electrons. The average molecular weight is 249 g/mol. The number of carbonyl (C=O) groups is 1. The van der Waals surface area contributed by atoms with E-state index in [9.17, 15) is 4.79 Å². The maximum atomic E-state index is 11.7. The van der Waals surface area contributed by atoms with E-state index >= 15 is 0 Å². The van der Waals surface area contributed by atoms with Gasteiger partial charge in [-0.15, -0.1) is 0 Å². The molecular formula is C14H23N3O. The Labute approximate surface area is 109 Å². The quantitative estimate of drug-likeness (QED) is 0.803. The van der Waals surface area contributed by atoms with E-state index in [4.69, 9.17) is 5.73 Å². The molecule has 0 heterocycles. The van der Waals surface area contributed by atoms with Gasteiger partial charge in [0.25, 0.3) is 0 Å². The number of likely N-dealkylation sites (N-methyl/N-ethyl adjacent to an activating group) is 1. The van der Waals surface area contributed by atoms with Crippen molar-refractivity contribution in [2.45, 2.75) is 32.9 Å². The largest absolute Gasteiger partial charge is 0.365 e. The second-order valence-electron chi connectivity index (χ2n) is 4.60. The monoisotopic (exact) mass is 249 g/mol. The summed E-state index contributed by atoms with van der Waals surface area (Å²) in [6.45, 7) is 4.97. The van der Waals surface area contributed by atoms with Crippen molar-refractivity contribution in [2.24, 2.45) is 5.73 Å². The van der Waals surface area contributed by atoms with Crippen molar-refractivity contribution in [3.05, 3.63) is 29.8 Å². The molecule has 1 rings (SSSR count). The molecule has 1 atom stereocenters. The minimum Gasteiger partial charge on any atom is -0.365 e. The van der Waals surface area contributed by atoms with E-state index in [1.54, 1.807) is 0 Å². The Morgan fingerprint density at radius 3 is 2.50 bits per heavy atom. The molecule has 0 aliphatic carbocycles. The molecule has 1 unspecified atom stereocenters. The molecule has 0 spiro atoms. The predicted molar refractivity (Wildman–Crippen MR) is 75.5 cm³/mol. The molecule has 1 amide bonds. The van der Waals surface area contributed by atoms with Crippen LogP contribution in [0.2, 0.25) is 0 Å². The number of hydrogen-bond donors (Lipinski definition) is 2. The molecule has 0 fully saturated rings. The first-order valence-corrected chi connectivity index (χ1v) is 6.36. The van der Waals surface area contributed by atoms with E-state index in [-0.39, 0.29) is 11.9 Å². The van der Waals surface area contributed by atoms with Gasteiger partial charge in [0.15, 0.2) is 0 Å². The van der Waals surface area contributed by atoms with Crippen molar-refractivity contribution in [3.63, 3.8) is 0 Å². The van der Waals surface area contributed by atoms with Gasteiger partial charge in [0.1, 0.15) is 0 Å². The third-order valence-corrected chi connectivity index (χ3v) is 3.01. The smallest absolute Gasteiger partial charge is 0.239 e. The molecule has 100 valence electrons. The van der Waals surface area contributed by atoms with E-state index in [0.29, 0.717) is 13.1 Å². The number of amides is 1. The fourth-order valence-electron chi connectivity index (χ4n) is 1.62. The lowest BCUT2D eigenvalue weighted by molar-refractivity contribution is -0.120. The molecule has 18 heavy (non-hydrogen) atoms. The molecule has 4 nitrogen and oxygen atoms in total. The zero-order chi connectivity index (χ0) is 13.5. The first-order valence-electron chi connectivity index (χ1n) is 6.36. The third-order valence-electron chi connectivity index (χ3n) is 3.01. The average Bonchev–Trinajstić information content (AvgIpc) is 2.38. The number of nitrogens with two attached hydrogens (primary N) is 1. The van der Waals surface area contributed by atoms with Crippen LogP contribution in [0.15, 0.2) is 24.3 Å². The second-order valence-corrected chi connectivity index (χ2v) is 4.60. The minimum atomic E-state index is 0.0507. The SMILES string of the molecule is CCC(C)NC(=O)CN(C)c1ccc(CN)cc1. The molecule has 0 saturated carbocycles. The lowest BCUT2D eigenvalue weighted by atomic mass is 10.2. The Bertz CT molecular complexity index is 375. The van der Waals surface area contributed by atoms with Gasteiger partial charge < -0.3 is 16.0 Å². The Balaban J connectivity index is 2.53. The fourth-order valence-corrected chi connectivity index (χ4v) is 1.62. The maximum Gasteiger partial charge on any atom is 0.239 e. The van der Waals surface area contributed by atoms with E-state index in [0.717, 1.165) is 17.7 Å². The summed E-state index contributed by atoms with van der Waals surface area (Å²) in [5, 5.41) is 2.95. The van der Waals surface area contributed by atoms with E-state index in [1.165, 1.54) is 0 Å². The van der Waals surface area contributed by atoms with Gasteiger partial charge in [0.05, 0.1) is 6.54 Å². The van der Waals surface area contributed by atoms with Crippen LogP contribution >= 0.6 is 0 Å². The predicted octanol–water partition coefficient (Wildman–Crippen LogP) is 1.50. The standard InChI is InChI=1S/C14H23N3O/c1-4-11(2)16-14(18)10-17(3)13-7-5-12(9-15)6-8-13/h5-8,11H,4,9-10,15H2,1-3H3,(H,16,18). The van der Waals surface area contributed by atoms with Crippen LogP contribution in [0.1, 0.15) is 25.8 Å². The zero-order valence-corrected chi connectivity index (χ0v) is 11.4. The van der Waals surface area contributed by atoms with Crippen LogP contribution < -0.4 is 16.0 Å². The first kappa shape index (κ1) is 14.5. The highest BCUT2D eigenvalue weighted by Crippen LogP contribution is 2.13. The summed E-state index contributed by atoms with van der Waals surface area (Å²) in [6.07, 6.45) is 0.945. The van der Waals surface area contributed by atoms with Gasteiger partial charge in [-0.2, -0.15) is 0 Å². The van der Waals surface area contributed by atoms with E-state index in [2.05, 4.69) is 12.2 Å². The van der Waals surface area contributed by atoms with Crippen LogP contribution in [0.4, 0.5) is 5.69 Å².